The van der Waals surface area contributed by atoms with Crippen LogP contribution in [0.3, 0.4) is 0 Å². The predicted octanol–water partition coefficient (Wildman–Crippen LogP) is 3.40. The lowest BCUT2D eigenvalue weighted by Gasteiger charge is -2.37. The Hall–Kier alpha value is -1.16. The molecule has 1 aliphatic heterocycles. The van der Waals surface area contributed by atoms with E-state index in [0.717, 1.165) is 64.1 Å². The van der Waals surface area contributed by atoms with Crippen LogP contribution in [0, 0.1) is 11.6 Å². The first kappa shape index (κ1) is 24.9. The molecule has 0 radical (unpaired) electrons. The van der Waals surface area contributed by atoms with E-state index in [1.807, 2.05) is 4.90 Å². The Balaban J connectivity index is 0.00000392. The quantitative estimate of drug-likeness (QED) is 0.252. The van der Waals surface area contributed by atoms with Gasteiger partial charge in [0.05, 0.1) is 5.69 Å². The molecule has 1 heterocycles. The van der Waals surface area contributed by atoms with Gasteiger partial charge in [-0.3, -0.25) is 4.99 Å². The molecule has 160 valence electrons. The molecule has 0 aromatic heterocycles. The maximum atomic E-state index is 14.0. The van der Waals surface area contributed by atoms with Gasteiger partial charge >= 0.3 is 0 Å². The Bertz CT molecular complexity index is 602. The van der Waals surface area contributed by atoms with E-state index in [2.05, 4.69) is 34.0 Å². The van der Waals surface area contributed by atoms with Gasteiger partial charge in [-0.25, -0.2) is 8.78 Å². The summed E-state index contributed by atoms with van der Waals surface area (Å²) in [5, 5.41) is 3.43. The number of anilines is 1. The number of nitrogens with one attached hydrogen (secondary N) is 1. The summed E-state index contributed by atoms with van der Waals surface area (Å²) in [6.07, 6.45) is 2.27. The third-order valence-electron chi connectivity index (χ3n) is 5.12. The number of hydrogen-bond donors (Lipinski definition) is 1. The number of piperazine rings is 1. The molecule has 1 N–H and O–H groups in total. The Labute approximate surface area is 185 Å². The fourth-order valence-electron chi connectivity index (χ4n) is 3.42. The second kappa shape index (κ2) is 13.1. The molecule has 8 heteroatoms. The van der Waals surface area contributed by atoms with Gasteiger partial charge in [-0.05, 0) is 44.6 Å². The van der Waals surface area contributed by atoms with E-state index in [4.69, 9.17) is 0 Å². The molecule has 1 aromatic carbocycles. The average Bonchev–Trinajstić information content (AvgIpc) is 2.70. The molecule has 1 saturated heterocycles. The summed E-state index contributed by atoms with van der Waals surface area (Å²) < 4.78 is 27.4. The first-order valence-corrected chi connectivity index (χ1v) is 9.97. The van der Waals surface area contributed by atoms with Gasteiger partial charge in [0.2, 0.25) is 0 Å². The van der Waals surface area contributed by atoms with Gasteiger partial charge in [-0.2, -0.15) is 0 Å². The largest absolute Gasteiger partial charge is 0.366 e. The van der Waals surface area contributed by atoms with E-state index in [1.54, 1.807) is 7.05 Å². The highest BCUT2D eigenvalue weighted by Crippen LogP contribution is 2.21. The van der Waals surface area contributed by atoms with Crippen LogP contribution in [-0.2, 0) is 0 Å². The van der Waals surface area contributed by atoms with Crippen LogP contribution >= 0.6 is 24.0 Å². The predicted molar refractivity (Wildman–Crippen MR) is 124 cm³/mol. The number of benzene rings is 1. The smallest absolute Gasteiger partial charge is 0.193 e. The monoisotopic (exact) mass is 509 g/mol. The molecular formula is C20H34F2IN5. The molecule has 0 bridgehead atoms. The highest BCUT2D eigenvalue weighted by molar-refractivity contribution is 14.0. The minimum atomic E-state index is -0.406. The molecule has 2 rings (SSSR count). The maximum Gasteiger partial charge on any atom is 0.193 e. The molecule has 28 heavy (non-hydrogen) atoms. The normalized spacial score (nSPS) is 15.0. The van der Waals surface area contributed by atoms with E-state index in [0.29, 0.717) is 18.8 Å². The van der Waals surface area contributed by atoms with Crippen LogP contribution in [0.15, 0.2) is 23.2 Å². The van der Waals surface area contributed by atoms with E-state index in [9.17, 15) is 8.78 Å². The third kappa shape index (κ3) is 7.35. The molecule has 5 nitrogen and oxygen atoms in total. The van der Waals surface area contributed by atoms with Crippen molar-refractivity contribution in [1.82, 2.24) is 15.1 Å². The van der Waals surface area contributed by atoms with Crippen molar-refractivity contribution in [2.45, 2.75) is 26.7 Å². The Kier molecular flexibility index (Phi) is 11.7. The molecule has 0 saturated carbocycles. The van der Waals surface area contributed by atoms with Crippen LogP contribution in [0.5, 0.6) is 0 Å². The Morgan fingerprint density at radius 2 is 1.79 bits per heavy atom. The first-order chi connectivity index (χ1) is 13.1. The topological polar surface area (TPSA) is 34.1 Å². The summed E-state index contributed by atoms with van der Waals surface area (Å²) in [5.74, 6) is 0.105. The standard InChI is InChI=1S/C20H33F2N5.HI/c1-4-25(5-2)11-7-6-10-24-20(23-3)27-14-12-26(13-15-27)19-16-17(21)8-9-18(19)22;/h8-9,16H,4-7,10-15H2,1-3H3,(H,23,24);1H. The van der Waals surface area contributed by atoms with Gasteiger partial charge in [0, 0.05) is 45.8 Å². The molecule has 0 spiro atoms. The van der Waals surface area contributed by atoms with Crippen molar-refractivity contribution in [3.8, 4) is 0 Å². The van der Waals surface area contributed by atoms with Gasteiger partial charge in [-0.15, -0.1) is 24.0 Å². The number of nitrogens with zero attached hydrogens (tertiary/aromatic N) is 4. The van der Waals surface area contributed by atoms with Gasteiger partial charge in [0.1, 0.15) is 11.6 Å². The summed E-state index contributed by atoms with van der Waals surface area (Å²) in [4.78, 5) is 10.9. The lowest BCUT2D eigenvalue weighted by molar-refractivity contribution is 0.296. The van der Waals surface area contributed by atoms with Crippen LogP contribution in [0.4, 0.5) is 14.5 Å². The van der Waals surface area contributed by atoms with Crippen LogP contribution in [0.2, 0.25) is 0 Å². The minimum Gasteiger partial charge on any atom is -0.366 e. The van der Waals surface area contributed by atoms with Gasteiger partial charge < -0.3 is 20.0 Å². The van der Waals surface area contributed by atoms with Crippen LogP contribution in [-0.4, -0.2) is 75.2 Å². The number of guanidine groups is 1. The summed E-state index contributed by atoms with van der Waals surface area (Å²) in [7, 11) is 1.79. The number of rotatable bonds is 8. The highest BCUT2D eigenvalue weighted by Gasteiger charge is 2.21. The Morgan fingerprint density at radius 3 is 2.39 bits per heavy atom. The zero-order valence-electron chi connectivity index (χ0n) is 17.3. The number of unbranched alkanes of at least 4 members (excludes halogenated alkanes) is 1. The SMILES string of the molecule is CCN(CC)CCCCNC(=NC)N1CCN(c2cc(F)ccc2F)CC1.I. The molecule has 1 aliphatic rings. The van der Waals surface area contributed by atoms with Crippen LogP contribution < -0.4 is 10.2 Å². The fourth-order valence-corrected chi connectivity index (χ4v) is 3.42. The molecule has 0 atom stereocenters. The number of halogens is 3. The average molecular weight is 509 g/mol. The van der Waals surface area contributed by atoms with Crippen molar-refractivity contribution in [1.29, 1.82) is 0 Å². The molecule has 1 fully saturated rings. The van der Waals surface area contributed by atoms with E-state index in [-0.39, 0.29) is 29.8 Å². The first-order valence-electron chi connectivity index (χ1n) is 9.97. The fraction of sp³-hybridized carbons (Fsp3) is 0.650. The molecular weight excluding hydrogens is 475 g/mol. The third-order valence-corrected chi connectivity index (χ3v) is 5.12. The summed E-state index contributed by atoms with van der Waals surface area (Å²) in [6, 6.07) is 3.62. The molecule has 0 unspecified atom stereocenters. The second-order valence-corrected chi connectivity index (χ2v) is 6.78. The highest BCUT2D eigenvalue weighted by atomic mass is 127. The van der Waals surface area contributed by atoms with Crippen LogP contribution in [0.1, 0.15) is 26.7 Å². The minimum absolute atomic E-state index is 0. The van der Waals surface area contributed by atoms with Crippen molar-refractivity contribution in [3.05, 3.63) is 29.8 Å². The van der Waals surface area contributed by atoms with Crippen molar-refractivity contribution in [3.63, 3.8) is 0 Å². The van der Waals surface area contributed by atoms with Gasteiger partial charge in [0.25, 0.3) is 0 Å². The summed E-state index contributed by atoms with van der Waals surface area (Å²) in [5.41, 5.74) is 0.342. The zero-order chi connectivity index (χ0) is 19.6. The van der Waals surface area contributed by atoms with Gasteiger partial charge in [0.15, 0.2) is 5.96 Å². The lowest BCUT2D eigenvalue weighted by atomic mass is 10.2. The lowest BCUT2D eigenvalue weighted by Crippen LogP contribution is -2.52. The molecule has 0 amide bonds. The van der Waals surface area contributed by atoms with Crippen molar-refractivity contribution < 1.29 is 8.78 Å². The van der Waals surface area contributed by atoms with Crippen molar-refractivity contribution in [2.75, 3.05) is 64.3 Å². The van der Waals surface area contributed by atoms with E-state index < -0.39 is 5.82 Å². The van der Waals surface area contributed by atoms with Crippen LogP contribution in [0.25, 0.3) is 0 Å². The number of hydrogen-bond acceptors (Lipinski definition) is 3. The molecule has 0 aliphatic carbocycles. The maximum absolute atomic E-state index is 14.0. The van der Waals surface area contributed by atoms with E-state index >= 15 is 0 Å². The summed E-state index contributed by atoms with van der Waals surface area (Å²) in [6.45, 7) is 11.4. The van der Waals surface area contributed by atoms with Crippen molar-refractivity contribution in [2.24, 2.45) is 4.99 Å². The number of aliphatic imine (C=N–C) groups is 1. The van der Waals surface area contributed by atoms with E-state index in [1.165, 1.54) is 12.1 Å². The van der Waals surface area contributed by atoms with Gasteiger partial charge in [-0.1, -0.05) is 13.8 Å². The van der Waals surface area contributed by atoms with Crippen molar-refractivity contribution >= 4 is 35.6 Å². The summed E-state index contributed by atoms with van der Waals surface area (Å²) >= 11 is 0. The Morgan fingerprint density at radius 1 is 1.11 bits per heavy atom. The molecule has 1 aromatic rings. The second-order valence-electron chi connectivity index (χ2n) is 6.78. The zero-order valence-corrected chi connectivity index (χ0v) is 19.6.